The Morgan fingerprint density at radius 3 is 1.60 bits per heavy atom. The van der Waals surface area contributed by atoms with Crippen molar-refractivity contribution in [3.63, 3.8) is 0 Å². The van der Waals surface area contributed by atoms with Crippen molar-refractivity contribution in [1.82, 2.24) is 0 Å². The van der Waals surface area contributed by atoms with E-state index in [1.807, 2.05) is 0 Å². The van der Waals surface area contributed by atoms with Gasteiger partial charge in [-0.3, -0.25) is 33.6 Å². The van der Waals surface area contributed by atoms with E-state index >= 15 is 0 Å². The molecule has 1 unspecified atom stereocenters. The highest BCUT2D eigenvalue weighted by atomic mass is 35.5. The largest absolute Gasteiger partial charge is 0.465 e. The van der Waals surface area contributed by atoms with Gasteiger partial charge in [-0.15, -0.1) is 0 Å². The molecular weight excluding hydrogens is 612 g/mol. The highest BCUT2D eigenvalue weighted by Crippen LogP contribution is 2.44. The fraction of sp³-hybridized carbons (Fsp3) is 0.406. The molecule has 0 heterocycles. The lowest BCUT2D eigenvalue weighted by Crippen LogP contribution is -2.62. The van der Waals surface area contributed by atoms with Gasteiger partial charge in [-0.2, -0.15) is 0 Å². The topological polar surface area (TPSA) is 166 Å². The highest BCUT2D eigenvalue weighted by molar-refractivity contribution is 6.35. The third kappa shape index (κ3) is 8.75. The molecule has 0 amide bonds. The molecule has 3 rings (SSSR count). The Morgan fingerprint density at radius 1 is 0.600 bits per heavy atom. The van der Waals surface area contributed by atoms with E-state index in [2.05, 4.69) is 0 Å². The number of halogens is 1. The number of carbonyl (C=O) groups excluding carboxylic acids is 7. The molecule has 0 aliphatic heterocycles. The zero-order valence-corrected chi connectivity index (χ0v) is 26.2. The van der Waals surface area contributed by atoms with Gasteiger partial charge in [-0.25, -0.2) is 0 Å². The van der Waals surface area contributed by atoms with Gasteiger partial charge in [0.05, 0.1) is 16.9 Å². The van der Waals surface area contributed by atoms with Crippen LogP contribution in [0.15, 0.2) is 42.5 Å². The summed E-state index contributed by atoms with van der Waals surface area (Å²) in [6, 6.07) is 10.3. The van der Waals surface area contributed by atoms with Crippen LogP contribution in [-0.4, -0.2) is 72.4 Å². The van der Waals surface area contributed by atoms with Crippen LogP contribution in [0, 0.1) is 5.92 Å². The summed E-state index contributed by atoms with van der Waals surface area (Å²) in [5, 5.41) is 0.0639. The lowest BCUT2D eigenvalue weighted by Gasteiger charge is -2.48. The second kappa shape index (κ2) is 14.9. The molecule has 2 aromatic carbocycles. The van der Waals surface area contributed by atoms with Crippen molar-refractivity contribution in [2.75, 3.05) is 6.61 Å². The number of esters is 5. The zero-order chi connectivity index (χ0) is 33.6. The summed E-state index contributed by atoms with van der Waals surface area (Å²) in [5.41, 5.74) is 0.915. The van der Waals surface area contributed by atoms with Crippen LogP contribution in [0.1, 0.15) is 79.3 Å². The van der Waals surface area contributed by atoms with Gasteiger partial charge >= 0.3 is 29.8 Å². The summed E-state index contributed by atoms with van der Waals surface area (Å²) in [4.78, 5) is 86.6. The number of rotatable bonds is 10. The van der Waals surface area contributed by atoms with E-state index in [1.165, 1.54) is 49.4 Å². The minimum atomic E-state index is -1.46. The molecule has 2 aromatic rings. The second-order valence-electron chi connectivity index (χ2n) is 10.5. The zero-order valence-electron chi connectivity index (χ0n) is 25.5. The van der Waals surface area contributed by atoms with Gasteiger partial charge in [0.15, 0.2) is 29.9 Å². The van der Waals surface area contributed by atoms with E-state index in [-0.39, 0.29) is 27.5 Å². The van der Waals surface area contributed by atoms with Gasteiger partial charge in [0.1, 0.15) is 12.7 Å². The fourth-order valence-corrected chi connectivity index (χ4v) is 5.55. The lowest BCUT2D eigenvalue weighted by atomic mass is 9.70. The predicted molar refractivity (Wildman–Crippen MR) is 156 cm³/mol. The third-order valence-electron chi connectivity index (χ3n) is 7.06. The first-order chi connectivity index (χ1) is 21.1. The van der Waals surface area contributed by atoms with Crippen LogP contribution in [0.4, 0.5) is 0 Å². The van der Waals surface area contributed by atoms with Crippen LogP contribution in [0.3, 0.4) is 0 Å². The van der Waals surface area contributed by atoms with E-state index in [1.54, 1.807) is 0 Å². The molecule has 0 N–H and O–H groups in total. The fourth-order valence-electron chi connectivity index (χ4n) is 5.35. The van der Waals surface area contributed by atoms with Crippen LogP contribution < -0.4 is 0 Å². The van der Waals surface area contributed by atoms with Crippen LogP contribution in [0.2, 0.25) is 5.02 Å². The van der Waals surface area contributed by atoms with E-state index in [0.717, 1.165) is 34.6 Å². The van der Waals surface area contributed by atoms with E-state index in [9.17, 15) is 33.6 Å². The number of hydrogen-bond acceptors (Lipinski definition) is 12. The Labute approximate surface area is 264 Å². The first-order valence-electron chi connectivity index (χ1n) is 13.9. The van der Waals surface area contributed by atoms with Crippen molar-refractivity contribution in [3.05, 3.63) is 69.7 Å². The maximum absolute atomic E-state index is 13.6. The summed E-state index contributed by atoms with van der Waals surface area (Å²) in [7, 11) is 0. The Hall–Kier alpha value is -4.58. The van der Waals surface area contributed by atoms with Gasteiger partial charge in [0, 0.05) is 51.3 Å². The number of ether oxygens (including phenoxy) is 5. The van der Waals surface area contributed by atoms with E-state index in [4.69, 9.17) is 35.3 Å². The van der Waals surface area contributed by atoms with Crippen LogP contribution >= 0.6 is 11.6 Å². The second-order valence-corrected chi connectivity index (χ2v) is 10.9. The Morgan fingerprint density at radius 2 is 1.09 bits per heavy atom. The van der Waals surface area contributed by atoms with E-state index in [0.29, 0.717) is 5.56 Å². The molecule has 12 nitrogen and oxygen atoms in total. The number of ketones is 2. The molecule has 6 atom stereocenters. The molecule has 0 radical (unpaired) electrons. The Balaban J connectivity index is 2.27. The third-order valence-corrected chi connectivity index (χ3v) is 7.39. The molecular formula is C32H33ClO12. The molecule has 240 valence electrons. The van der Waals surface area contributed by atoms with Crippen molar-refractivity contribution in [1.29, 1.82) is 0 Å². The average Bonchev–Trinajstić information content (AvgIpc) is 2.94. The van der Waals surface area contributed by atoms with Crippen molar-refractivity contribution in [3.8, 4) is 0 Å². The summed E-state index contributed by atoms with van der Waals surface area (Å²) in [6.45, 7) is 6.52. The predicted octanol–water partition coefficient (Wildman–Crippen LogP) is 3.78. The summed E-state index contributed by atoms with van der Waals surface area (Å²) in [6.07, 6.45) is -5.58. The molecule has 0 spiro atoms. The smallest absolute Gasteiger partial charge is 0.303 e. The van der Waals surface area contributed by atoms with Crippen molar-refractivity contribution >= 4 is 53.0 Å². The summed E-state index contributed by atoms with van der Waals surface area (Å²) in [5.74, 6) is -6.87. The van der Waals surface area contributed by atoms with Gasteiger partial charge in [0.2, 0.25) is 0 Å². The Bertz CT molecular complexity index is 1500. The van der Waals surface area contributed by atoms with Gasteiger partial charge in [-0.1, -0.05) is 41.9 Å². The van der Waals surface area contributed by atoms with Gasteiger partial charge < -0.3 is 23.7 Å². The monoisotopic (exact) mass is 644 g/mol. The SMILES string of the molecule is CC(=O)OC[C@@H]1C(OC(C)=O)[C@H](OC(C)=O)[C@@H](OC(C)=O)[C@H](c2ccc(Cl)c(C(=O)c3ccc(C(C)=O)cc3)c2)[C@H]1OC(C)=O. The number of hydrogen-bond donors (Lipinski definition) is 0. The number of Topliss-reactive ketones (excluding diaryl/α,β-unsaturated/α-hetero) is 1. The average molecular weight is 645 g/mol. The quantitative estimate of drug-likeness (QED) is 0.209. The maximum Gasteiger partial charge on any atom is 0.303 e. The molecule has 1 aliphatic rings. The van der Waals surface area contributed by atoms with Crippen molar-refractivity contribution in [2.24, 2.45) is 5.92 Å². The van der Waals surface area contributed by atoms with Crippen LogP contribution in [-0.2, 0) is 47.7 Å². The van der Waals surface area contributed by atoms with Crippen molar-refractivity contribution < 1.29 is 57.2 Å². The number of benzene rings is 2. The Kier molecular flexibility index (Phi) is 11.6. The van der Waals surface area contributed by atoms with Gasteiger partial charge in [-0.05, 0) is 24.6 Å². The highest BCUT2D eigenvalue weighted by Gasteiger charge is 2.58. The molecule has 1 fully saturated rings. The number of carbonyl (C=O) groups is 7. The van der Waals surface area contributed by atoms with Gasteiger partial charge in [0.25, 0.3) is 0 Å². The molecule has 1 saturated carbocycles. The molecule has 1 aliphatic carbocycles. The van der Waals surface area contributed by atoms with Crippen LogP contribution in [0.5, 0.6) is 0 Å². The molecule has 0 saturated heterocycles. The van der Waals surface area contributed by atoms with E-state index < -0.39 is 78.5 Å². The first-order valence-corrected chi connectivity index (χ1v) is 14.3. The van der Waals surface area contributed by atoms with Crippen LogP contribution in [0.25, 0.3) is 0 Å². The normalized spacial score (nSPS) is 22.4. The minimum absolute atomic E-state index is 0.0237. The standard InChI is InChI=1S/C32H33ClO12/c1-15(34)21-7-9-22(10-8-21)28(40)24-13-23(11-12-26(24)33)27-29(42-17(3)36)25(14-41-16(2)35)30(43-18(4)37)32(45-20(6)39)31(27)44-19(5)38/h7-13,25,27,29-32H,14H2,1-6H3/t25-,27+,29-,30?,31-,32-/m0/s1. The molecule has 13 heteroatoms. The lowest BCUT2D eigenvalue weighted by molar-refractivity contribution is -0.222. The minimum Gasteiger partial charge on any atom is -0.465 e. The summed E-state index contributed by atoms with van der Waals surface area (Å²) >= 11 is 6.46. The molecule has 0 aromatic heterocycles. The van der Waals surface area contributed by atoms with Crippen molar-refractivity contribution in [2.45, 2.75) is 71.9 Å². The molecule has 45 heavy (non-hydrogen) atoms. The first kappa shape index (κ1) is 34.9. The summed E-state index contributed by atoms with van der Waals surface area (Å²) < 4.78 is 27.7. The molecule has 0 bridgehead atoms. The maximum atomic E-state index is 13.6.